The molecule has 0 amide bonds. The van der Waals surface area contributed by atoms with Gasteiger partial charge >= 0.3 is 0 Å². The topological polar surface area (TPSA) is 0 Å². The molecule has 2 fully saturated rings. The Kier molecular flexibility index (Phi) is 2.73. The van der Waals surface area contributed by atoms with E-state index in [9.17, 15) is 0 Å². The van der Waals surface area contributed by atoms with Gasteiger partial charge in [0, 0.05) is 0 Å². The minimum Gasteiger partial charge on any atom is -0.0651 e. The lowest BCUT2D eigenvalue weighted by atomic mass is 9.65. The Balaban J connectivity index is 1.99. The summed E-state index contributed by atoms with van der Waals surface area (Å²) in [7, 11) is 0. The van der Waals surface area contributed by atoms with Crippen LogP contribution in [0.2, 0.25) is 0 Å². The summed E-state index contributed by atoms with van der Waals surface area (Å²) in [6, 6.07) is 0. The Morgan fingerprint density at radius 2 is 1.92 bits per heavy atom. The molecule has 0 spiro atoms. The zero-order valence-corrected chi connectivity index (χ0v) is 8.31. The third-order valence-corrected chi connectivity index (χ3v) is 3.91. The van der Waals surface area contributed by atoms with Gasteiger partial charge in [-0.15, -0.1) is 0 Å². The van der Waals surface area contributed by atoms with Gasteiger partial charge in [-0.1, -0.05) is 32.6 Å². The van der Waals surface area contributed by atoms with E-state index in [0.717, 1.165) is 11.8 Å². The van der Waals surface area contributed by atoms with Gasteiger partial charge in [0.15, 0.2) is 0 Å². The van der Waals surface area contributed by atoms with Crippen molar-refractivity contribution in [1.82, 2.24) is 0 Å². The molecule has 2 rings (SSSR count). The molecule has 2 saturated carbocycles. The van der Waals surface area contributed by atoms with Crippen LogP contribution in [0.15, 0.2) is 0 Å². The zero-order chi connectivity index (χ0) is 8.39. The summed E-state index contributed by atoms with van der Waals surface area (Å²) in [5, 5.41) is 0. The van der Waals surface area contributed by atoms with Gasteiger partial charge < -0.3 is 0 Å². The van der Waals surface area contributed by atoms with Crippen molar-refractivity contribution in [3.63, 3.8) is 0 Å². The Hall–Kier alpha value is 0. The molecule has 0 aliphatic heterocycles. The zero-order valence-electron chi connectivity index (χ0n) is 8.31. The van der Waals surface area contributed by atoms with Crippen LogP contribution in [0, 0.1) is 17.8 Å². The summed E-state index contributed by atoms with van der Waals surface area (Å²) >= 11 is 0. The second kappa shape index (κ2) is 3.81. The molecule has 0 aromatic heterocycles. The van der Waals surface area contributed by atoms with Gasteiger partial charge in [-0.3, -0.25) is 0 Å². The number of rotatable bonds is 1. The van der Waals surface area contributed by atoms with E-state index in [0.29, 0.717) is 0 Å². The predicted octanol–water partition coefficient (Wildman–Crippen LogP) is 3.96. The highest BCUT2D eigenvalue weighted by Gasteiger charge is 2.33. The minimum absolute atomic E-state index is 1.02. The van der Waals surface area contributed by atoms with Crippen molar-refractivity contribution >= 4 is 0 Å². The molecular weight excluding hydrogens is 144 g/mol. The van der Waals surface area contributed by atoms with Crippen LogP contribution < -0.4 is 0 Å². The molecule has 0 saturated heterocycles. The van der Waals surface area contributed by atoms with Crippen LogP contribution in [0.3, 0.4) is 0 Å². The largest absolute Gasteiger partial charge is 0.0651 e. The second-order valence-electron chi connectivity index (χ2n) is 4.55. The molecule has 1 radical (unpaired) electrons. The molecule has 69 valence electrons. The maximum atomic E-state index is 2.37. The normalized spacial score (nSPS) is 37.8. The molecular formula is C12H21. The van der Waals surface area contributed by atoms with Crippen molar-refractivity contribution in [2.45, 2.75) is 58.3 Å². The molecule has 2 unspecified atom stereocenters. The van der Waals surface area contributed by atoms with E-state index in [1.807, 2.05) is 5.92 Å². The van der Waals surface area contributed by atoms with E-state index in [4.69, 9.17) is 0 Å². The smallest absolute Gasteiger partial charge is 0.0179 e. The molecule has 0 N–H and O–H groups in total. The van der Waals surface area contributed by atoms with E-state index in [1.165, 1.54) is 51.4 Å². The Bertz CT molecular complexity index is 130. The summed E-state index contributed by atoms with van der Waals surface area (Å²) < 4.78 is 0. The number of fused-ring (bicyclic) bond motifs is 1. The first-order valence-electron chi connectivity index (χ1n) is 5.77. The van der Waals surface area contributed by atoms with Crippen molar-refractivity contribution in [2.75, 3.05) is 0 Å². The van der Waals surface area contributed by atoms with Crippen molar-refractivity contribution in [1.29, 1.82) is 0 Å². The lowest BCUT2D eigenvalue weighted by Crippen LogP contribution is -2.28. The van der Waals surface area contributed by atoms with Crippen molar-refractivity contribution < 1.29 is 0 Å². The first-order valence-corrected chi connectivity index (χ1v) is 5.77. The van der Waals surface area contributed by atoms with Crippen LogP contribution in [0.1, 0.15) is 58.3 Å². The Morgan fingerprint density at radius 3 is 2.75 bits per heavy atom. The third-order valence-electron chi connectivity index (χ3n) is 3.91. The molecule has 0 nitrogen and oxygen atoms in total. The summed E-state index contributed by atoms with van der Waals surface area (Å²) in [5.41, 5.74) is 0. The van der Waals surface area contributed by atoms with Crippen LogP contribution in [-0.2, 0) is 0 Å². The van der Waals surface area contributed by atoms with Crippen molar-refractivity contribution in [2.24, 2.45) is 11.8 Å². The maximum absolute atomic E-state index is 2.37. The van der Waals surface area contributed by atoms with E-state index < -0.39 is 0 Å². The summed E-state index contributed by atoms with van der Waals surface area (Å²) in [6.45, 7) is 2.37. The third kappa shape index (κ3) is 1.53. The molecule has 2 aliphatic rings. The minimum atomic E-state index is 1.02. The fourth-order valence-corrected chi connectivity index (χ4v) is 3.24. The molecule has 2 aliphatic carbocycles. The first-order chi connectivity index (χ1) is 5.92. The van der Waals surface area contributed by atoms with Crippen LogP contribution in [0.4, 0.5) is 0 Å². The lowest BCUT2D eigenvalue weighted by Gasteiger charge is -2.40. The van der Waals surface area contributed by atoms with Gasteiger partial charge in [-0.05, 0) is 43.4 Å². The van der Waals surface area contributed by atoms with Gasteiger partial charge in [0.05, 0.1) is 0 Å². The van der Waals surface area contributed by atoms with Crippen LogP contribution >= 0.6 is 0 Å². The van der Waals surface area contributed by atoms with Gasteiger partial charge in [0.1, 0.15) is 0 Å². The molecule has 0 aromatic carbocycles. The maximum Gasteiger partial charge on any atom is -0.0179 e. The molecule has 0 heteroatoms. The molecule has 0 heterocycles. The molecule has 2 atom stereocenters. The summed E-state index contributed by atoms with van der Waals surface area (Å²) in [6.07, 6.45) is 11.9. The predicted molar refractivity (Wildman–Crippen MR) is 52.8 cm³/mol. The van der Waals surface area contributed by atoms with Gasteiger partial charge in [0.25, 0.3) is 0 Å². The standard InChI is InChI=1S/C12H21/c1-2-10-7-5-8-11-6-3-4-9-12(10)11/h10-11H,2-9H2,1H3. The lowest BCUT2D eigenvalue weighted by molar-refractivity contribution is 0.238. The quantitative estimate of drug-likeness (QED) is 0.551. The number of hydrogen-bond acceptors (Lipinski definition) is 0. The molecule has 0 aromatic rings. The highest BCUT2D eigenvalue weighted by Crippen LogP contribution is 2.46. The van der Waals surface area contributed by atoms with E-state index >= 15 is 0 Å². The van der Waals surface area contributed by atoms with Crippen LogP contribution in [0.25, 0.3) is 0 Å². The SMILES string of the molecule is CCC1CCCC2CCCC[C]12. The average Bonchev–Trinajstić information content (AvgIpc) is 2.17. The van der Waals surface area contributed by atoms with Gasteiger partial charge in [-0.25, -0.2) is 0 Å². The summed E-state index contributed by atoms with van der Waals surface area (Å²) in [5.74, 6) is 4.04. The molecule has 12 heavy (non-hydrogen) atoms. The highest BCUT2D eigenvalue weighted by molar-refractivity contribution is 5.06. The monoisotopic (exact) mass is 165 g/mol. The Labute approximate surface area is 76.7 Å². The first kappa shape index (κ1) is 8.59. The fourth-order valence-electron chi connectivity index (χ4n) is 3.24. The van der Waals surface area contributed by atoms with E-state index in [1.54, 1.807) is 0 Å². The molecule has 0 bridgehead atoms. The van der Waals surface area contributed by atoms with Crippen molar-refractivity contribution in [3.05, 3.63) is 5.92 Å². The summed E-state index contributed by atoms with van der Waals surface area (Å²) in [4.78, 5) is 0. The van der Waals surface area contributed by atoms with Crippen LogP contribution in [0.5, 0.6) is 0 Å². The van der Waals surface area contributed by atoms with Gasteiger partial charge in [-0.2, -0.15) is 0 Å². The van der Waals surface area contributed by atoms with Crippen molar-refractivity contribution in [3.8, 4) is 0 Å². The fraction of sp³-hybridized carbons (Fsp3) is 0.917. The van der Waals surface area contributed by atoms with E-state index in [-0.39, 0.29) is 0 Å². The highest BCUT2D eigenvalue weighted by atomic mass is 14.4. The second-order valence-corrected chi connectivity index (χ2v) is 4.55. The Morgan fingerprint density at radius 1 is 1.08 bits per heavy atom. The van der Waals surface area contributed by atoms with E-state index in [2.05, 4.69) is 6.92 Å². The average molecular weight is 165 g/mol. The van der Waals surface area contributed by atoms with Gasteiger partial charge in [0.2, 0.25) is 0 Å². The number of hydrogen-bond donors (Lipinski definition) is 0. The van der Waals surface area contributed by atoms with Crippen LogP contribution in [-0.4, -0.2) is 0 Å².